The van der Waals surface area contributed by atoms with Gasteiger partial charge < -0.3 is 44.1 Å². The lowest BCUT2D eigenvalue weighted by molar-refractivity contribution is -0.905. The largest absolute Gasteiger partial charge is 1.00 e. The van der Waals surface area contributed by atoms with Crippen molar-refractivity contribution in [3.05, 3.63) is 18.2 Å². The van der Waals surface area contributed by atoms with Gasteiger partial charge in [0, 0.05) is 11.5 Å². The van der Waals surface area contributed by atoms with Crippen molar-refractivity contribution in [1.29, 1.82) is 0 Å². The monoisotopic (exact) mass is 441 g/mol. The molecule has 150 valence electrons. The van der Waals surface area contributed by atoms with Crippen LogP contribution in [0.25, 0.3) is 0 Å². The Labute approximate surface area is 177 Å². The van der Waals surface area contributed by atoms with Gasteiger partial charge in [0.15, 0.2) is 0 Å². The standard InChI is InChI=1S/C17H27N3O2S2.2ClH/c1-2-16(23-14-8-19-4-10-21-11-5-19)18-17(3-1)24-15-9-20-6-12-22-13-7-20;;/h1-3H,4-15H2;2*1H. The Bertz CT molecular complexity index is 452. The summed E-state index contributed by atoms with van der Waals surface area (Å²) in [5, 5.41) is 2.32. The zero-order chi connectivity index (χ0) is 16.5. The molecule has 0 amide bonds. The molecule has 0 spiro atoms. The topological polar surface area (TPSA) is 40.2 Å². The predicted molar refractivity (Wildman–Crippen MR) is 98.5 cm³/mol. The van der Waals surface area contributed by atoms with Crippen molar-refractivity contribution in [2.75, 3.05) is 77.2 Å². The first-order valence-corrected chi connectivity index (χ1v) is 10.9. The molecule has 1 aromatic heterocycles. The van der Waals surface area contributed by atoms with Gasteiger partial charge in [-0.05, 0) is 12.1 Å². The van der Waals surface area contributed by atoms with Gasteiger partial charge in [-0.15, -0.1) is 23.5 Å². The maximum atomic E-state index is 5.41. The van der Waals surface area contributed by atoms with Crippen molar-refractivity contribution in [1.82, 2.24) is 4.98 Å². The Morgan fingerprint density at radius 2 is 1.19 bits per heavy atom. The lowest BCUT2D eigenvalue weighted by Crippen LogP contribution is -3.14. The molecule has 26 heavy (non-hydrogen) atoms. The zero-order valence-corrected chi connectivity index (χ0v) is 18.2. The van der Waals surface area contributed by atoms with E-state index in [-0.39, 0.29) is 24.8 Å². The van der Waals surface area contributed by atoms with E-state index in [2.05, 4.69) is 18.2 Å². The molecule has 0 unspecified atom stereocenters. The minimum absolute atomic E-state index is 0. The molecule has 2 aliphatic heterocycles. The fourth-order valence-corrected chi connectivity index (χ4v) is 4.91. The van der Waals surface area contributed by atoms with Crippen molar-refractivity contribution in [3.63, 3.8) is 0 Å². The van der Waals surface area contributed by atoms with Crippen molar-refractivity contribution in [2.45, 2.75) is 10.1 Å². The molecule has 9 heteroatoms. The average Bonchev–Trinajstić information content (AvgIpc) is 2.64. The van der Waals surface area contributed by atoms with Crippen LogP contribution >= 0.6 is 23.5 Å². The maximum Gasteiger partial charge on any atom is 0.101 e. The molecule has 0 saturated carbocycles. The fourth-order valence-electron chi connectivity index (χ4n) is 2.98. The van der Waals surface area contributed by atoms with Gasteiger partial charge in [0.25, 0.3) is 0 Å². The summed E-state index contributed by atoms with van der Waals surface area (Å²) in [4.78, 5) is 8.12. The predicted octanol–water partition coefficient (Wildman–Crippen LogP) is -6.90. The Morgan fingerprint density at radius 3 is 1.62 bits per heavy atom. The van der Waals surface area contributed by atoms with E-state index >= 15 is 0 Å². The average molecular weight is 442 g/mol. The Hall–Kier alpha value is 0.270. The second kappa shape index (κ2) is 14.3. The minimum atomic E-state index is 0. The van der Waals surface area contributed by atoms with Crippen LogP contribution in [0.2, 0.25) is 0 Å². The molecule has 2 fully saturated rings. The van der Waals surface area contributed by atoms with Gasteiger partial charge >= 0.3 is 0 Å². The first kappa shape index (κ1) is 24.3. The number of nitrogens with zero attached hydrogens (tertiary/aromatic N) is 1. The van der Waals surface area contributed by atoms with Gasteiger partial charge in [0.05, 0.1) is 49.6 Å². The van der Waals surface area contributed by atoms with E-state index in [9.17, 15) is 0 Å². The lowest BCUT2D eigenvalue weighted by atomic mass is 10.4. The van der Waals surface area contributed by atoms with Gasteiger partial charge in [-0.3, -0.25) is 0 Å². The molecule has 0 atom stereocenters. The molecule has 5 nitrogen and oxygen atoms in total. The van der Waals surface area contributed by atoms with Crippen LogP contribution in [0.1, 0.15) is 0 Å². The maximum absolute atomic E-state index is 5.41. The van der Waals surface area contributed by atoms with Crippen molar-refractivity contribution in [2.24, 2.45) is 0 Å². The number of ether oxygens (including phenoxy) is 2. The number of quaternary nitrogens is 2. The van der Waals surface area contributed by atoms with E-state index in [1.165, 1.54) is 13.1 Å². The second-order valence-electron chi connectivity index (χ2n) is 6.24. The highest BCUT2D eigenvalue weighted by Gasteiger charge is 2.14. The highest BCUT2D eigenvalue weighted by Crippen LogP contribution is 2.20. The van der Waals surface area contributed by atoms with Crippen LogP contribution in [-0.4, -0.2) is 82.2 Å². The lowest BCUT2D eigenvalue weighted by Gasteiger charge is -2.23. The van der Waals surface area contributed by atoms with Crippen molar-refractivity contribution >= 4 is 23.5 Å². The highest BCUT2D eigenvalue weighted by atomic mass is 35.5. The quantitative estimate of drug-likeness (QED) is 0.392. The molecule has 0 bridgehead atoms. The number of aromatic nitrogens is 1. The summed E-state index contributed by atoms with van der Waals surface area (Å²) in [6, 6.07) is 6.41. The molecule has 0 aliphatic carbocycles. The Morgan fingerprint density at radius 1 is 0.769 bits per heavy atom. The van der Waals surface area contributed by atoms with Crippen LogP contribution in [0.4, 0.5) is 0 Å². The van der Waals surface area contributed by atoms with Crippen molar-refractivity contribution < 1.29 is 44.1 Å². The summed E-state index contributed by atoms with van der Waals surface area (Å²) >= 11 is 3.76. The van der Waals surface area contributed by atoms with E-state index in [1.807, 2.05) is 23.5 Å². The second-order valence-corrected chi connectivity index (χ2v) is 8.47. The summed E-state index contributed by atoms with van der Waals surface area (Å²) in [6.07, 6.45) is 0. The molecule has 3 rings (SSSR count). The summed E-state index contributed by atoms with van der Waals surface area (Å²) in [5.74, 6) is 2.27. The first-order chi connectivity index (χ1) is 11.9. The van der Waals surface area contributed by atoms with Gasteiger partial charge in [-0.2, -0.15) is 0 Å². The molecule has 2 saturated heterocycles. The summed E-state index contributed by atoms with van der Waals surface area (Å²) in [6.45, 7) is 10.6. The fraction of sp³-hybridized carbons (Fsp3) is 0.706. The number of rotatable bonds is 8. The summed E-state index contributed by atoms with van der Waals surface area (Å²) in [5.41, 5.74) is 0. The molecule has 2 N–H and O–H groups in total. The number of halogens is 2. The first-order valence-electron chi connectivity index (χ1n) is 8.95. The van der Waals surface area contributed by atoms with Crippen LogP contribution in [0.3, 0.4) is 0 Å². The van der Waals surface area contributed by atoms with Crippen LogP contribution < -0.4 is 34.6 Å². The number of hydrogen-bond donors (Lipinski definition) is 2. The van der Waals surface area contributed by atoms with Crippen molar-refractivity contribution in [3.8, 4) is 0 Å². The Balaban J connectivity index is 0.00000169. The molecule has 1 aromatic rings. The van der Waals surface area contributed by atoms with Crippen LogP contribution in [0.5, 0.6) is 0 Å². The summed E-state index contributed by atoms with van der Waals surface area (Å²) < 4.78 is 10.8. The van der Waals surface area contributed by atoms with E-state index in [0.717, 1.165) is 74.2 Å². The highest BCUT2D eigenvalue weighted by molar-refractivity contribution is 7.99. The Kier molecular flexibility index (Phi) is 13.4. The molecule has 2 aliphatic rings. The number of hydrogen-bond acceptors (Lipinski definition) is 5. The number of thioether (sulfide) groups is 2. The van der Waals surface area contributed by atoms with E-state index in [0.29, 0.717) is 0 Å². The zero-order valence-electron chi connectivity index (χ0n) is 15.1. The van der Waals surface area contributed by atoms with E-state index in [1.54, 1.807) is 9.80 Å². The van der Waals surface area contributed by atoms with Gasteiger partial charge in [-0.25, -0.2) is 4.98 Å². The molecule has 3 heterocycles. The third-order valence-corrected chi connectivity index (χ3v) is 6.37. The summed E-state index contributed by atoms with van der Waals surface area (Å²) in [7, 11) is 0. The molecule has 0 aromatic carbocycles. The van der Waals surface area contributed by atoms with Crippen LogP contribution in [0.15, 0.2) is 28.3 Å². The van der Waals surface area contributed by atoms with Gasteiger partial charge in [0.1, 0.15) is 26.2 Å². The van der Waals surface area contributed by atoms with E-state index in [4.69, 9.17) is 14.5 Å². The number of pyridine rings is 1. The number of morpholine rings is 2. The normalized spacial score (nSPS) is 18.8. The molecular weight excluding hydrogens is 413 g/mol. The van der Waals surface area contributed by atoms with Gasteiger partial charge in [-0.1, -0.05) is 6.07 Å². The van der Waals surface area contributed by atoms with E-state index < -0.39 is 0 Å². The van der Waals surface area contributed by atoms with Gasteiger partial charge in [0.2, 0.25) is 0 Å². The van der Waals surface area contributed by atoms with Crippen LogP contribution in [-0.2, 0) is 9.47 Å². The van der Waals surface area contributed by atoms with Crippen LogP contribution in [0, 0.1) is 0 Å². The third-order valence-electron chi connectivity index (χ3n) is 4.51. The third kappa shape index (κ3) is 8.97. The molecular formula is C17H29Cl2N3O2S2. The SMILES string of the molecule is [Cl-].[Cl-].c1cc(SCC[NH+]2CCOCC2)nc(SCC[NH+]2CCOCC2)c1. The number of nitrogens with one attached hydrogen (secondary N) is 2. The minimum Gasteiger partial charge on any atom is -1.00 e. The molecule has 0 radical (unpaired) electrons. The smallest absolute Gasteiger partial charge is 0.101 e.